The van der Waals surface area contributed by atoms with E-state index in [1.54, 1.807) is 17.5 Å². The molecular formula is C9H13N5S. The summed E-state index contributed by atoms with van der Waals surface area (Å²) in [6.07, 6.45) is 2.43. The van der Waals surface area contributed by atoms with Crippen molar-refractivity contribution in [3.05, 3.63) is 17.3 Å². The highest BCUT2D eigenvalue weighted by Gasteiger charge is 2.15. The van der Waals surface area contributed by atoms with Gasteiger partial charge in [-0.25, -0.2) is 4.98 Å². The van der Waals surface area contributed by atoms with Crippen molar-refractivity contribution in [2.75, 3.05) is 0 Å². The molecule has 0 fully saturated rings. The lowest BCUT2D eigenvalue weighted by atomic mass is 10.0. The van der Waals surface area contributed by atoms with Crippen molar-refractivity contribution in [3.8, 4) is 10.7 Å². The first-order valence-electron chi connectivity index (χ1n) is 4.64. The number of nitrogens with two attached hydrogens (primary N) is 1. The van der Waals surface area contributed by atoms with Crippen LogP contribution in [0.2, 0.25) is 0 Å². The van der Waals surface area contributed by atoms with E-state index in [4.69, 9.17) is 5.73 Å². The SMILES string of the molecule is CC(C)(N)Cc1csc(-c2cn[nH]n2)n1. The minimum Gasteiger partial charge on any atom is -0.325 e. The maximum Gasteiger partial charge on any atom is 0.145 e. The van der Waals surface area contributed by atoms with Crippen LogP contribution in [0.4, 0.5) is 0 Å². The van der Waals surface area contributed by atoms with Crippen LogP contribution >= 0.6 is 11.3 Å². The van der Waals surface area contributed by atoms with E-state index in [0.29, 0.717) is 0 Å². The number of aromatic amines is 1. The van der Waals surface area contributed by atoms with Crippen LogP contribution in [-0.2, 0) is 6.42 Å². The minimum absolute atomic E-state index is 0.227. The van der Waals surface area contributed by atoms with Crippen LogP contribution in [0.25, 0.3) is 10.7 Å². The fraction of sp³-hybridized carbons (Fsp3) is 0.444. The normalized spacial score (nSPS) is 11.9. The van der Waals surface area contributed by atoms with Gasteiger partial charge in [0.1, 0.15) is 10.7 Å². The lowest BCUT2D eigenvalue weighted by Gasteiger charge is -2.15. The van der Waals surface area contributed by atoms with E-state index in [1.807, 2.05) is 19.2 Å². The first kappa shape index (κ1) is 10.3. The monoisotopic (exact) mass is 223 g/mol. The Morgan fingerprint density at radius 3 is 2.93 bits per heavy atom. The van der Waals surface area contributed by atoms with Gasteiger partial charge in [0.25, 0.3) is 0 Å². The molecule has 0 saturated heterocycles. The number of nitrogens with zero attached hydrogens (tertiary/aromatic N) is 3. The molecule has 0 radical (unpaired) electrons. The first-order chi connectivity index (χ1) is 7.04. The highest BCUT2D eigenvalue weighted by atomic mass is 32.1. The van der Waals surface area contributed by atoms with Crippen molar-refractivity contribution in [2.45, 2.75) is 25.8 Å². The van der Waals surface area contributed by atoms with Crippen molar-refractivity contribution in [2.24, 2.45) is 5.73 Å². The van der Waals surface area contributed by atoms with Crippen LogP contribution in [0.1, 0.15) is 19.5 Å². The van der Waals surface area contributed by atoms with Crippen molar-refractivity contribution in [1.82, 2.24) is 20.4 Å². The quantitative estimate of drug-likeness (QED) is 0.819. The minimum atomic E-state index is -0.227. The van der Waals surface area contributed by atoms with E-state index in [1.165, 1.54) is 0 Å². The smallest absolute Gasteiger partial charge is 0.145 e. The fourth-order valence-corrected chi connectivity index (χ4v) is 2.05. The third-order valence-corrected chi connectivity index (χ3v) is 2.74. The van der Waals surface area contributed by atoms with Crippen LogP contribution in [0, 0.1) is 0 Å². The number of hydrogen-bond acceptors (Lipinski definition) is 5. The molecule has 0 aromatic carbocycles. The molecular weight excluding hydrogens is 210 g/mol. The van der Waals surface area contributed by atoms with Crippen LogP contribution in [0.5, 0.6) is 0 Å². The Morgan fingerprint density at radius 1 is 1.53 bits per heavy atom. The molecule has 2 aromatic heterocycles. The third-order valence-electron chi connectivity index (χ3n) is 1.82. The molecule has 5 nitrogen and oxygen atoms in total. The maximum atomic E-state index is 5.93. The van der Waals surface area contributed by atoms with Crippen molar-refractivity contribution in [1.29, 1.82) is 0 Å². The van der Waals surface area contributed by atoms with Gasteiger partial charge < -0.3 is 5.73 Å². The Bertz CT molecular complexity index is 426. The molecule has 2 heterocycles. The number of H-pyrrole nitrogens is 1. The number of hydrogen-bond donors (Lipinski definition) is 2. The van der Waals surface area contributed by atoms with Gasteiger partial charge in [0.2, 0.25) is 0 Å². The summed E-state index contributed by atoms with van der Waals surface area (Å²) in [5, 5.41) is 13.2. The Hall–Kier alpha value is -1.27. The molecule has 80 valence electrons. The zero-order valence-electron chi connectivity index (χ0n) is 8.69. The highest BCUT2D eigenvalue weighted by molar-refractivity contribution is 7.13. The van der Waals surface area contributed by atoms with Gasteiger partial charge in [0, 0.05) is 17.3 Å². The molecule has 0 atom stereocenters. The summed E-state index contributed by atoms with van der Waals surface area (Å²) in [6.45, 7) is 3.98. The second-order valence-corrected chi connectivity index (χ2v) is 5.02. The summed E-state index contributed by atoms with van der Waals surface area (Å²) in [5.74, 6) is 0. The molecule has 2 rings (SSSR count). The first-order valence-corrected chi connectivity index (χ1v) is 5.52. The van der Waals surface area contributed by atoms with Gasteiger partial charge in [0.05, 0.1) is 11.9 Å². The van der Waals surface area contributed by atoms with Gasteiger partial charge in [-0.2, -0.15) is 15.4 Å². The van der Waals surface area contributed by atoms with E-state index in [0.717, 1.165) is 22.8 Å². The molecule has 0 aliphatic rings. The van der Waals surface area contributed by atoms with Gasteiger partial charge in [-0.05, 0) is 13.8 Å². The summed E-state index contributed by atoms with van der Waals surface area (Å²) in [5.41, 5.74) is 7.48. The Labute approximate surface area is 91.7 Å². The van der Waals surface area contributed by atoms with Gasteiger partial charge in [-0.15, -0.1) is 11.3 Å². The van der Waals surface area contributed by atoms with Gasteiger partial charge in [-0.1, -0.05) is 0 Å². The molecule has 0 aliphatic heterocycles. The van der Waals surface area contributed by atoms with Crippen LogP contribution in [0.3, 0.4) is 0 Å². The molecule has 0 bridgehead atoms. The average Bonchev–Trinajstić information content (AvgIpc) is 2.68. The molecule has 0 aliphatic carbocycles. The fourth-order valence-electron chi connectivity index (χ4n) is 1.28. The predicted molar refractivity (Wildman–Crippen MR) is 59.5 cm³/mol. The summed E-state index contributed by atoms with van der Waals surface area (Å²) in [6, 6.07) is 0. The zero-order chi connectivity index (χ0) is 10.9. The number of rotatable bonds is 3. The molecule has 3 N–H and O–H groups in total. The molecule has 0 spiro atoms. The van der Waals surface area contributed by atoms with E-state index in [2.05, 4.69) is 20.4 Å². The van der Waals surface area contributed by atoms with Crippen molar-refractivity contribution < 1.29 is 0 Å². The second kappa shape index (κ2) is 3.71. The second-order valence-electron chi connectivity index (χ2n) is 4.16. The summed E-state index contributed by atoms with van der Waals surface area (Å²) < 4.78 is 0. The average molecular weight is 223 g/mol. The molecule has 0 amide bonds. The lowest BCUT2D eigenvalue weighted by molar-refractivity contribution is 0.511. The van der Waals surface area contributed by atoms with Crippen LogP contribution in [0.15, 0.2) is 11.6 Å². The van der Waals surface area contributed by atoms with E-state index < -0.39 is 0 Å². The summed E-state index contributed by atoms with van der Waals surface area (Å²) in [7, 11) is 0. The van der Waals surface area contributed by atoms with E-state index in [9.17, 15) is 0 Å². The van der Waals surface area contributed by atoms with Crippen LogP contribution in [-0.4, -0.2) is 25.9 Å². The van der Waals surface area contributed by atoms with Gasteiger partial charge in [-0.3, -0.25) is 0 Å². The Morgan fingerprint density at radius 2 is 2.33 bits per heavy atom. The summed E-state index contributed by atoms with van der Waals surface area (Å²) in [4.78, 5) is 4.45. The third kappa shape index (κ3) is 2.60. The number of nitrogens with one attached hydrogen (secondary N) is 1. The highest BCUT2D eigenvalue weighted by Crippen LogP contribution is 2.22. The Balaban J connectivity index is 2.18. The summed E-state index contributed by atoms with van der Waals surface area (Å²) >= 11 is 1.56. The Kier molecular flexibility index (Phi) is 2.54. The number of thiazole rings is 1. The van der Waals surface area contributed by atoms with Gasteiger partial charge in [0.15, 0.2) is 0 Å². The van der Waals surface area contributed by atoms with E-state index >= 15 is 0 Å². The zero-order valence-corrected chi connectivity index (χ0v) is 9.51. The van der Waals surface area contributed by atoms with Crippen molar-refractivity contribution >= 4 is 11.3 Å². The standard InChI is InChI=1S/C9H13N5S/c1-9(2,10)3-6-5-15-8(12-6)7-4-11-14-13-7/h4-5H,3,10H2,1-2H3,(H,11,13,14). The van der Waals surface area contributed by atoms with E-state index in [-0.39, 0.29) is 5.54 Å². The largest absolute Gasteiger partial charge is 0.325 e. The van der Waals surface area contributed by atoms with Crippen molar-refractivity contribution in [3.63, 3.8) is 0 Å². The predicted octanol–water partition coefficient (Wildman–Crippen LogP) is 1.21. The van der Waals surface area contributed by atoms with Crippen LogP contribution < -0.4 is 5.73 Å². The lowest BCUT2D eigenvalue weighted by Crippen LogP contribution is -2.34. The molecule has 0 saturated carbocycles. The van der Waals surface area contributed by atoms with Gasteiger partial charge >= 0.3 is 0 Å². The molecule has 15 heavy (non-hydrogen) atoms. The molecule has 2 aromatic rings. The molecule has 0 unspecified atom stereocenters. The molecule has 6 heteroatoms. The topological polar surface area (TPSA) is 80.5 Å². The maximum absolute atomic E-state index is 5.93. The number of aromatic nitrogens is 4.